The number of rotatable bonds is 9. The average Bonchev–Trinajstić information content (AvgIpc) is 3.57. The summed E-state index contributed by atoms with van der Waals surface area (Å²) in [6.07, 6.45) is 6.71. The number of hydrogen-bond donors (Lipinski definition) is 3. The fourth-order valence-corrected chi connectivity index (χ4v) is 3.95. The summed E-state index contributed by atoms with van der Waals surface area (Å²) >= 11 is 0. The smallest absolute Gasteiger partial charge is 0.466 e. The molecule has 0 unspecified atom stereocenters. The van der Waals surface area contributed by atoms with Gasteiger partial charge in [-0.15, -0.1) is 0 Å². The Kier molecular flexibility index (Phi) is 11.1. The number of aromatic nitrogens is 1. The Morgan fingerprint density at radius 1 is 1.16 bits per heavy atom. The van der Waals surface area contributed by atoms with Gasteiger partial charge < -0.3 is 36.6 Å². The number of nitrogens with zero attached hydrogens (tertiary/aromatic N) is 4. The summed E-state index contributed by atoms with van der Waals surface area (Å²) in [6.45, 7) is 1.15. The molecule has 2 heterocycles. The number of hydrazine groups is 1. The number of hydrogen-bond acceptors (Lipinski definition) is 9. The molecule has 0 spiro atoms. The van der Waals surface area contributed by atoms with Gasteiger partial charge in [0, 0.05) is 24.6 Å². The van der Waals surface area contributed by atoms with Gasteiger partial charge in [0.15, 0.2) is 5.69 Å². The summed E-state index contributed by atoms with van der Waals surface area (Å²) in [5.74, 6) is 6.21. The van der Waals surface area contributed by atoms with Crippen LogP contribution in [0.5, 0.6) is 0 Å². The summed E-state index contributed by atoms with van der Waals surface area (Å²) in [7, 11) is 1.33. The van der Waals surface area contributed by atoms with Crippen LogP contribution in [0.4, 0.5) is 11.5 Å². The zero-order valence-electron chi connectivity index (χ0n) is 21.5. The zero-order valence-corrected chi connectivity index (χ0v) is 24.7. The second kappa shape index (κ2) is 14.0. The summed E-state index contributed by atoms with van der Waals surface area (Å²) < 4.78 is 4.60. The van der Waals surface area contributed by atoms with Crippen molar-refractivity contribution in [2.24, 2.45) is 23.2 Å². The third-order valence-corrected chi connectivity index (χ3v) is 6.21. The van der Waals surface area contributed by atoms with Crippen molar-refractivity contribution >= 4 is 34.2 Å². The van der Waals surface area contributed by atoms with E-state index in [1.54, 1.807) is 29.4 Å². The molecule has 6 N–H and O–H groups in total. The number of pyridine rings is 1. The fourth-order valence-electron chi connectivity index (χ4n) is 3.95. The number of benzene rings is 2. The minimum absolute atomic E-state index is 0. The third kappa shape index (κ3) is 7.30. The van der Waals surface area contributed by atoms with Gasteiger partial charge in [-0.25, -0.2) is 15.6 Å². The average molecular weight is 544 g/mol. The minimum Gasteiger partial charge on any atom is -0.466 e. The van der Waals surface area contributed by atoms with E-state index in [1.807, 2.05) is 30.3 Å². The first-order chi connectivity index (χ1) is 17.9. The Hall–Kier alpha value is -2.55. The van der Waals surface area contributed by atoms with Gasteiger partial charge in [-0.05, 0) is 53.3 Å². The number of primary amides is 1. The largest absolute Gasteiger partial charge is 1.00 e. The molecule has 3 aromatic rings. The molecule has 2 aromatic carbocycles. The molecule has 1 saturated carbocycles. The molecule has 12 heteroatoms. The molecular formula is C26H30KN7O4. The molecule has 1 aliphatic heterocycles. The van der Waals surface area contributed by atoms with Gasteiger partial charge >= 0.3 is 57.4 Å². The van der Waals surface area contributed by atoms with Crippen LogP contribution in [-0.4, -0.2) is 35.6 Å². The van der Waals surface area contributed by atoms with Crippen molar-refractivity contribution in [3.63, 3.8) is 0 Å². The fraction of sp³-hybridized carbons (Fsp3) is 0.269. The maximum Gasteiger partial charge on any atom is 1.00 e. The summed E-state index contributed by atoms with van der Waals surface area (Å²) in [4.78, 5) is 32.1. The van der Waals surface area contributed by atoms with Gasteiger partial charge in [0.1, 0.15) is 5.82 Å². The van der Waals surface area contributed by atoms with Crippen molar-refractivity contribution in [1.82, 2.24) is 9.99 Å². The molecule has 194 valence electrons. The van der Waals surface area contributed by atoms with Crippen molar-refractivity contribution in [2.75, 3.05) is 18.7 Å². The SMILES string of the molecule is COC(=O)c1ccc2c(n1)N2[N-]OCC1CCC1.N/C=C\N(N)Cc1ccc(C(N)=O)c2ccccc12.[K+]. The van der Waals surface area contributed by atoms with Crippen LogP contribution >= 0.6 is 0 Å². The van der Waals surface area contributed by atoms with Crippen molar-refractivity contribution in [1.29, 1.82) is 0 Å². The van der Waals surface area contributed by atoms with Crippen LogP contribution in [0.2, 0.25) is 0 Å². The van der Waals surface area contributed by atoms with E-state index in [0.717, 1.165) is 22.0 Å². The number of anilines is 2. The van der Waals surface area contributed by atoms with Crippen molar-refractivity contribution in [3.8, 4) is 0 Å². The molecule has 38 heavy (non-hydrogen) atoms. The van der Waals surface area contributed by atoms with E-state index in [9.17, 15) is 9.59 Å². The van der Waals surface area contributed by atoms with Gasteiger partial charge in [0.25, 0.3) is 0 Å². The first-order valence-electron chi connectivity index (χ1n) is 11.9. The number of ether oxygens (including phenoxy) is 1. The van der Waals surface area contributed by atoms with Crippen molar-refractivity contribution in [3.05, 3.63) is 83.3 Å². The van der Waals surface area contributed by atoms with E-state index in [-0.39, 0.29) is 57.1 Å². The van der Waals surface area contributed by atoms with Gasteiger partial charge in [-0.3, -0.25) is 4.79 Å². The predicted octanol–water partition coefficient (Wildman–Crippen LogP) is 0.388. The normalized spacial score (nSPS) is 13.6. The van der Waals surface area contributed by atoms with Crippen LogP contribution in [0.1, 0.15) is 45.7 Å². The molecule has 1 aliphatic carbocycles. The number of methoxy groups -OCH3 is 1. The second-order valence-corrected chi connectivity index (χ2v) is 8.71. The van der Waals surface area contributed by atoms with E-state index in [4.69, 9.17) is 22.1 Å². The van der Waals surface area contributed by atoms with E-state index in [1.165, 1.54) is 37.6 Å². The maximum atomic E-state index is 11.4. The molecule has 0 atom stereocenters. The summed E-state index contributed by atoms with van der Waals surface area (Å²) in [5.41, 5.74) is 17.3. The Morgan fingerprint density at radius 3 is 2.53 bits per heavy atom. The first kappa shape index (κ1) is 30.0. The Balaban J connectivity index is 0.000000205. The van der Waals surface area contributed by atoms with Crippen LogP contribution in [-0.2, 0) is 16.1 Å². The van der Waals surface area contributed by atoms with E-state index >= 15 is 0 Å². The molecule has 1 aromatic heterocycles. The Morgan fingerprint density at radius 2 is 1.89 bits per heavy atom. The van der Waals surface area contributed by atoms with Crippen LogP contribution in [0.25, 0.3) is 16.4 Å². The topological polar surface area (TPSA) is 164 Å². The number of carbonyl (C=O) groups is 2. The number of fused-ring (bicyclic) bond motifs is 2. The van der Waals surface area contributed by atoms with Crippen LogP contribution < -0.4 is 73.7 Å². The third-order valence-electron chi connectivity index (χ3n) is 6.21. The first-order valence-corrected chi connectivity index (χ1v) is 11.9. The number of nitrogens with two attached hydrogens (primary N) is 3. The molecule has 11 nitrogen and oxygen atoms in total. The number of carbonyl (C=O) groups excluding carboxylic acids is 2. The van der Waals surface area contributed by atoms with E-state index in [0.29, 0.717) is 30.5 Å². The van der Waals surface area contributed by atoms with Crippen LogP contribution in [0, 0.1) is 5.92 Å². The standard InChI is InChI=1S/C14H16N4O.C12H14N3O3.K/c15-7-8-18(17)9-10-5-6-13(14(16)19)12-4-2-1-3-11(10)12;1-17-12(16)9-5-6-10-11(13-9)15(10)14-18-7-8-3-2-4-8;/h1-8H,9,15,17H2,(H2,16,19);5-6,8H,2-4,7H2,1H3;/q;-1;+1/b8-7-;;. The van der Waals surface area contributed by atoms with Gasteiger partial charge in [-0.1, -0.05) is 36.8 Å². The predicted molar refractivity (Wildman–Crippen MR) is 140 cm³/mol. The molecule has 1 amide bonds. The Labute approximate surface area is 263 Å². The molecule has 1 fully saturated rings. The molecular weight excluding hydrogens is 513 g/mol. The molecule has 5 rings (SSSR count). The van der Waals surface area contributed by atoms with E-state index < -0.39 is 11.9 Å². The molecule has 0 bridgehead atoms. The minimum atomic E-state index is -0.444. The molecule has 0 radical (unpaired) electrons. The van der Waals surface area contributed by atoms with Gasteiger partial charge in [0.05, 0.1) is 19.3 Å². The number of amides is 1. The molecule has 0 saturated heterocycles. The van der Waals surface area contributed by atoms with Crippen LogP contribution in [0.3, 0.4) is 0 Å². The monoisotopic (exact) mass is 543 g/mol. The zero-order chi connectivity index (χ0) is 26.4. The van der Waals surface area contributed by atoms with Gasteiger partial charge in [-0.2, -0.15) is 0 Å². The van der Waals surface area contributed by atoms with E-state index in [2.05, 4.69) is 15.3 Å². The number of esters is 1. The second-order valence-electron chi connectivity index (χ2n) is 8.71. The van der Waals surface area contributed by atoms with Gasteiger partial charge in [0.2, 0.25) is 5.91 Å². The van der Waals surface area contributed by atoms with Crippen LogP contribution in [0.15, 0.2) is 60.9 Å². The summed E-state index contributed by atoms with van der Waals surface area (Å²) in [5, 5.41) is 4.86. The van der Waals surface area contributed by atoms with Crippen molar-refractivity contribution in [2.45, 2.75) is 25.8 Å². The maximum absolute atomic E-state index is 11.4. The Bertz CT molecular complexity index is 1320. The molecule has 2 aliphatic rings. The quantitative estimate of drug-likeness (QED) is 0.114. The summed E-state index contributed by atoms with van der Waals surface area (Å²) in [6, 6.07) is 14.6. The van der Waals surface area contributed by atoms with Crippen molar-refractivity contribution < 1.29 is 70.5 Å².